The summed E-state index contributed by atoms with van der Waals surface area (Å²) in [6.07, 6.45) is 0. The van der Waals surface area contributed by atoms with Crippen molar-refractivity contribution < 1.29 is 0 Å². The van der Waals surface area contributed by atoms with Crippen LogP contribution in [-0.2, 0) is 5.41 Å². The molecule has 0 spiro atoms. The predicted molar refractivity (Wildman–Crippen MR) is 225 cm³/mol. The minimum Gasteiger partial charge on any atom is -0.309 e. The van der Waals surface area contributed by atoms with Crippen molar-refractivity contribution in [1.82, 2.24) is 19.5 Å². The van der Waals surface area contributed by atoms with Crippen LogP contribution in [0.5, 0.6) is 0 Å². The van der Waals surface area contributed by atoms with Gasteiger partial charge in [-0.3, -0.25) is 0 Å². The first-order chi connectivity index (χ1) is 26.4. The van der Waals surface area contributed by atoms with E-state index in [0.29, 0.717) is 17.5 Å². The Morgan fingerprint density at radius 2 is 0.963 bits per heavy atom. The fourth-order valence-corrected chi connectivity index (χ4v) is 9.66. The lowest BCUT2D eigenvalue weighted by Gasteiger charge is -2.41. The van der Waals surface area contributed by atoms with Gasteiger partial charge in [0.15, 0.2) is 17.5 Å². The standard InChI is InChI=1S/C49H38N4Si/c1-54(2,3)38-30-31-43-40(32-38)39-22-15-24-42-45(39)53(43)44-25-14-13-23-41(44)49(42,36-20-11-6-12-21-36)37-28-26-35(27-29-37)48-51-46(33-16-7-4-8-17-33)50-47(52-48)34-18-9-5-10-19-34/h4-32H,1-3H3. The molecular formula is C49H38N4Si. The molecule has 1 aliphatic heterocycles. The maximum absolute atomic E-state index is 5.04. The molecule has 1 aliphatic rings. The van der Waals surface area contributed by atoms with Crippen LogP contribution in [0.1, 0.15) is 22.3 Å². The lowest BCUT2D eigenvalue weighted by atomic mass is 9.63. The van der Waals surface area contributed by atoms with E-state index < -0.39 is 13.5 Å². The summed E-state index contributed by atoms with van der Waals surface area (Å²) in [4.78, 5) is 15.0. The van der Waals surface area contributed by atoms with Crippen LogP contribution in [0, 0.1) is 0 Å². The number of para-hydroxylation sites is 2. The molecule has 0 N–H and O–H groups in total. The Bertz CT molecular complexity index is 2780. The van der Waals surface area contributed by atoms with Gasteiger partial charge in [-0.1, -0.05) is 189 Å². The molecule has 1 atom stereocenters. The van der Waals surface area contributed by atoms with Gasteiger partial charge >= 0.3 is 0 Å². The monoisotopic (exact) mass is 710 g/mol. The van der Waals surface area contributed by atoms with Crippen LogP contribution in [0.2, 0.25) is 19.6 Å². The Hall–Kier alpha value is -6.43. The largest absolute Gasteiger partial charge is 0.309 e. The molecule has 54 heavy (non-hydrogen) atoms. The highest BCUT2D eigenvalue weighted by Gasteiger charge is 2.45. The van der Waals surface area contributed by atoms with Gasteiger partial charge in [0.1, 0.15) is 0 Å². The number of fused-ring (bicyclic) bond motifs is 5. The van der Waals surface area contributed by atoms with Crippen molar-refractivity contribution in [2.24, 2.45) is 0 Å². The zero-order valence-corrected chi connectivity index (χ0v) is 31.5. The average molecular weight is 711 g/mol. The van der Waals surface area contributed by atoms with Crippen molar-refractivity contribution in [1.29, 1.82) is 0 Å². The van der Waals surface area contributed by atoms with E-state index in [1.807, 2.05) is 60.7 Å². The highest BCUT2D eigenvalue weighted by atomic mass is 28.3. The first kappa shape index (κ1) is 32.2. The molecule has 0 bridgehead atoms. The van der Waals surface area contributed by atoms with E-state index in [1.54, 1.807) is 0 Å². The molecule has 9 aromatic rings. The zero-order valence-electron chi connectivity index (χ0n) is 30.5. The van der Waals surface area contributed by atoms with Crippen molar-refractivity contribution >= 4 is 35.1 Å². The van der Waals surface area contributed by atoms with E-state index in [9.17, 15) is 0 Å². The summed E-state index contributed by atoms with van der Waals surface area (Å²) in [5.74, 6) is 1.96. The summed E-state index contributed by atoms with van der Waals surface area (Å²) in [7, 11) is -1.55. The maximum atomic E-state index is 5.04. The minimum atomic E-state index is -1.55. The van der Waals surface area contributed by atoms with Gasteiger partial charge in [0.2, 0.25) is 0 Å². The molecule has 2 aromatic heterocycles. The third-order valence-electron chi connectivity index (χ3n) is 11.1. The molecule has 5 heteroatoms. The summed E-state index contributed by atoms with van der Waals surface area (Å²) in [6.45, 7) is 7.29. The van der Waals surface area contributed by atoms with Crippen LogP contribution in [0.3, 0.4) is 0 Å². The van der Waals surface area contributed by atoms with Crippen LogP contribution in [-0.4, -0.2) is 27.6 Å². The second-order valence-electron chi connectivity index (χ2n) is 15.3. The van der Waals surface area contributed by atoms with Gasteiger partial charge in [-0.15, -0.1) is 0 Å². The summed E-state index contributed by atoms with van der Waals surface area (Å²) in [5.41, 5.74) is 11.0. The lowest BCUT2D eigenvalue weighted by Crippen LogP contribution is -2.37. The van der Waals surface area contributed by atoms with Crippen LogP contribution in [0.4, 0.5) is 0 Å². The Morgan fingerprint density at radius 1 is 0.444 bits per heavy atom. The molecule has 0 saturated heterocycles. The molecular weight excluding hydrogens is 673 g/mol. The highest BCUT2D eigenvalue weighted by molar-refractivity contribution is 6.88. The molecule has 0 aliphatic carbocycles. The molecule has 7 aromatic carbocycles. The van der Waals surface area contributed by atoms with Crippen molar-refractivity contribution in [3.8, 4) is 39.9 Å². The van der Waals surface area contributed by atoms with Crippen LogP contribution in [0.15, 0.2) is 176 Å². The smallest absolute Gasteiger partial charge is 0.164 e. The fourth-order valence-electron chi connectivity index (χ4n) is 8.50. The number of nitrogens with zero attached hydrogens (tertiary/aromatic N) is 4. The fraction of sp³-hybridized carbons (Fsp3) is 0.0816. The summed E-state index contributed by atoms with van der Waals surface area (Å²) < 4.78 is 2.51. The predicted octanol–water partition coefficient (Wildman–Crippen LogP) is 11.2. The zero-order chi connectivity index (χ0) is 36.4. The molecule has 0 fully saturated rings. The van der Waals surface area contributed by atoms with E-state index in [2.05, 4.69) is 139 Å². The number of rotatable bonds is 6. The van der Waals surface area contributed by atoms with Crippen molar-refractivity contribution in [3.63, 3.8) is 0 Å². The normalized spacial score (nSPS) is 15.0. The van der Waals surface area contributed by atoms with E-state index in [-0.39, 0.29) is 0 Å². The van der Waals surface area contributed by atoms with Crippen LogP contribution in [0.25, 0.3) is 61.7 Å². The number of hydrogen-bond acceptors (Lipinski definition) is 3. The summed E-state index contributed by atoms with van der Waals surface area (Å²) in [5, 5.41) is 4.08. The quantitative estimate of drug-likeness (QED) is 0.161. The van der Waals surface area contributed by atoms with Gasteiger partial charge in [-0.05, 0) is 34.4 Å². The molecule has 0 amide bonds. The van der Waals surface area contributed by atoms with Gasteiger partial charge < -0.3 is 4.57 Å². The highest BCUT2D eigenvalue weighted by Crippen LogP contribution is 2.54. The first-order valence-corrected chi connectivity index (χ1v) is 22.1. The first-order valence-electron chi connectivity index (χ1n) is 18.6. The topological polar surface area (TPSA) is 43.6 Å². The average Bonchev–Trinajstić information content (AvgIpc) is 3.57. The number of hydrogen-bond donors (Lipinski definition) is 0. The molecule has 0 radical (unpaired) electrons. The number of aromatic nitrogens is 4. The minimum absolute atomic E-state index is 0.578. The Labute approximate surface area is 316 Å². The molecule has 1 unspecified atom stereocenters. The summed E-state index contributed by atoms with van der Waals surface area (Å²) in [6, 6.07) is 63.3. The molecule has 4 nitrogen and oxygen atoms in total. The third kappa shape index (κ3) is 4.92. The van der Waals surface area contributed by atoms with Gasteiger partial charge in [0.05, 0.1) is 30.2 Å². The Kier molecular flexibility index (Phi) is 7.36. The van der Waals surface area contributed by atoms with E-state index in [4.69, 9.17) is 15.0 Å². The van der Waals surface area contributed by atoms with Gasteiger partial charge in [0, 0.05) is 27.5 Å². The third-order valence-corrected chi connectivity index (χ3v) is 13.1. The van der Waals surface area contributed by atoms with Gasteiger partial charge in [0.25, 0.3) is 0 Å². The second kappa shape index (κ2) is 12.3. The van der Waals surface area contributed by atoms with Crippen molar-refractivity contribution in [3.05, 3.63) is 198 Å². The SMILES string of the molecule is C[Si](C)(C)c1ccc2c(c1)c1cccc3c1n2-c1ccccc1C3(c1ccccc1)c1ccc(-c2nc(-c3ccccc3)nc(-c3ccccc3)n2)cc1. The van der Waals surface area contributed by atoms with Crippen LogP contribution < -0.4 is 5.19 Å². The van der Waals surface area contributed by atoms with Crippen molar-refractivity contribution in [2.45, 2.75) is 25.1 Å². The van der Waals surface area contributed by atoms with E-state index in [0.717, 1.165) is 16.7 Å². The second-order valence-corrected chi connectivity index (χ2v) is 20.3. The Balaban J connectivity index is 1.22. The lowest BCUT2D eigenvalue weighted by molar-refractivity contribution is 0.728. The van der Waals surface area contributed by atoms with Gasteiger partial charge in [-0.2, -0.15) is 0 Å². The Morgan fingerprint density at radius 3 is 1.57 bits per heavy atom. The molecule has 258 valence electrons. The maximum Gasteiger partial charge on any atom is 0.164 e. The summed E-state index contributed by atoms with van der Waals surface area (Å²) >= 11 is 0. The van der Waals surface area contributed by atoms with E-state index >= 15 is 0 Å². The van der Waals surface area contributed by atoms with Gasteiger partial charge in [-0.25, -0.2) is 15.0 Å². The van der Waals surface area contributed by atoms with Crippen LogP contribution >= 0.6 is 0 Å². The molecule has 0 saturated carbocycles. The van der Waals surface area contributed by atoms with Crippen molar-refractivity contribution in [2.75, 3.05) is 0 Å². The molecule has 10 rings (SSSR count). The molecule has 3 heterocycles. The van der Waals surface area contributed by atoms with E-state index in [1.165, 1.54) is 54.9 Å². The number of benzene rings is 7.